The Labute approximate surface area is 374 Å². The predicted octanol–water partition coefficient (Wildman–Crippen LogP) is 12.5. The molecule has 0 amide bonds. The summed E-state index contributed by atoms with van der Waals surface area (Å²) in [5.41, 5.74) is 13.7. The fraction of sp³-hybridized carbons (Fsp3) is 0.263. The molecule has 1 aliphatic carbocycles. The van der Waals surface area contributed by atoms with E-state index in [1.807, 2.05) is 12.1 Å². The fourth-order valence-corrected chi connectivity index (χ4v) is 11.5. The zero-order valence-electron chi connectivity index (χ0n) is 36.8. The average Bonchev–Trinajstić information content (AvgIpc) is 3.90. The van der Waals surface area contributed by atoms with Crippen LogP contribution in [0.4, 0.5) is 11.4 Å². The number of furan rings is 1. The SMILES string of the molecule is CCC1(CC)c2ccccc2-c2c1c1c(c3cc(OC)c(N4CCOCC4)cc23)OC(c2ccc(-c3cccc4c3oc3ccccc34)cc2)(c2ccc(N3CCOCC3)cc2)C=C1. The third-order valence-electron chi connectivity index (χ3n) is 14.8. The first-order valence-electron chi connectivity index (χ1n) is 23.0. The minimum atomic E-state index is -0.954. The second-order valence-corrected chi connectivity index (χ2v) is 17.7. The van der Waals surface area contributed by atoms with Gasteiger partial charge in [0.05, 0.1) is 39.2 Å². The lowest BCUT2D eigenvalue weighted by atomic mass is 9.71. The van der Waals surface area contributed by atoms with Gasteiger partial charge in [0.2, 0.25) is 0 Å². The molecule has 320 valence electrons. The van der Waals surface area contributed by atoms with E-state index in [9.17, 15) is 0 Å². The molecule has 12 rings (SSSR count). The molecule has 1 unspecified atom stereocenters. The lowest BCUT2D eigenvalue weighted by Gasteiger charge is -2.40. The van der Waals surface area contributed by atoms with Crippen LogP contribution in [-0.2, 0) is 20.5 Å². The second kappa shape index (κ2) is 15.3. The maximum absolute atomic E-state index is 7.91. The molecule has 1 atom stereocenters. The summed E-state index contributed by atoms with van der Waals surface area (Å²) in [6.45, 7) is 10.9. The van der Waals surface area contributed by atoms with Crippen LogP contribution in [0.15, 0.2) is 138 Å². The van der Waals surface area contributed by atoms with E-state index in [2.05, 4.69) is 151 Å². The minimum absolute atomic E-state index is 0.184. The van der Waals surface area contributed by atoms with Crippen molar-refractivity contribution in [2.45, 2.75) is 37.7 Å². The van der Waals surface area contributed by atoms with Gasteiger partial charge in [-0.15, -0.1) is 0 Å². The molecule has 7 heteroatoms. The summed E-state index contributed by atoms with van der Waals surface area (Å²) >= 11 is 0. The van der Waals surface area contributed by atoms with Gasteiger partial charge in [0.15, 0.2) is 5.60 Å². The van der Waals surface area contributed by atoms with Gasteiger partial charge < -0.3 is 33.2 Å². The highest BCUT2D eigenvalue weighted by atomic mass is 16.5. The molecule has 4 aliphatic rings. The van der Waals surface area contributed by atoms with Crippen LogP contribution in [0.3, 0.4) is 0 Å². The molecule has 2 saturated heterocycles. The summed E-state index contributed by atoms with van der Waals surface area (Å²) in [5, 5.41) is 4.48. The molecule has 0 saturated carbocycles. The highest BCUT2D eigenvalue weighted by molar-refractivity contribution is 6.11. The summed E-state index contributed by atoms with van der Waals surface area (Å²) in [5.74, 6) is 1.72. The number of para-hydroxylation sites is 2. The van der Waals surface area contributed by atoms with E-state index in [0.717, 1.165) is 125 Å². The molecule has 1 aromatic heterocycles. The van der Waals surface area contributed by atoms with Crippen molar-refractivity contribution in [3.05, 3.63) is 161 Å². The van der Waals surface area contributed by atoms with E-state index >= 15 is 0 Å². The van der Waals surface area contributed by atoms with Gasteiger partial charge in [-0.1, -0.05) is 117 Å². The largest absolute Gasteiger partial charge is 0.495 e. The smallest absolute Gasteiger partial charge is 0.178 e. The zero-order chi connectivity index (χ0) is 43.0. The van der Waals surface area contributed by atoms with Crippen molar-refractivity contribution in [2.24, 2.45) is 0 Å². The second-order valence-electron chi connectivity index (χ2n) is 17.7. The van der Waals surface area contributed by atoms with E-state index < -0.39 is 5.60 Å². The van der Waals surface area contributed by atoms with Crippen LogP contribution >= 0.6 is 0 Å². The fourth-order valence-electron chi connectivity index (χ4n) is 11.5. The van der Waals surface area contributed by atoms with Crippen LogP contribution in [0.1, 0.15) is 54.5 Å². The van der Waals surface area contributed by atoms with E-state index in [-0.39, 0.29) is 5.41 Å². The number of morpholine rings is 2. The number of hydrogen-bond acceptors (Lipinski definition) is 7. The molecule has 64 heavy (non-hydrogen) atoms. The first-order chi connectivity index (χ1) is 31.5. The molecule has 0 bridgehead atoms. The van der Waals surface area contributed by atoms with Crippen LogP contribution in [0.25, 0.3) is 61.0 Å². The molecule has 7 aromatic carbocycles. The molecule has 7 nitrogen and oxygen atoms in total. The maximum Gasteiger partial charge on any atom is 0.178 e. The third-order valence-corrected chi connectivity index (χ3v) is 14.8. The molecule has 0 spiro atoms. The van der Waals surface area contributed by atoms with Crippen molar-refractivity contribution >= 4 is 50.2 Å². The summed E-state index contributed by atoms with van der Waals surface area (Å²) in [4.78, 5) is 4.82. The Morgan fingerprint density at radius 1 is 0.625 bits per heavy atom. The van der Waals surface area contributed by atoms with Crippen molar-refractivity contribution in [3.8, 4) is 33.8 Å². The summed E-state index contributed by atoms with van der Waals surface area (Å²) in [6, 6.07) is 46.4. The maximum atomic E-state index is 7.91. The lowest BCUT2D eigenvalue weighted by molar-refractivity contribution is 0.122. The molecule has 4 heterocycles. The zero-order valence-corrected chi connectivity index (χ0v) is 36.8. The molecule has 0 N–H and O–H groups in total. The van der Waals surface area contributed by atoms with E-state index in [0.29, 0.717) is 13.2 Å². The van der Waals surface area contributed by atoms with Crippen molar-refractivity contribution in [3.63, 3.8) is 0 Å². The Kier molecular flexibility index (Phi) is 9.36. The van der Waals surface area contributed by atoms with Crippen molar-refractivity contribution in [1.82, 2.24) is 0 Å². The van der Waals surface area contributed by atoms with Gasteiger partial charge in [-0.3, -0.25) is 0 Å². The van der Waals surface area contributed by atoms with Gasteiger partial charge in [0.1, 0.15) is 22.7 Å². The molecular formula is C57H52N2O5. The quantitative estimate of drug-likeness (QED) is 0.151. The highest BCUT2D eigenvalue weighted by Gasteiger charge is 2.47. The Balaban J connectivity index is 1.08. The predicted molar refractivity (Wildman–Crippen MR) is 259 cm³/mol. The van der Waals surface area contributed by atoms with Crippen LogP contribution < -0.4 is 19.3 Å². The van der Waals surface area contributed by atoms with Crippen LogP contribution in [-0.4, -0.2) is 59.7 Å². The van der Waals surface area contributed by atoms with Crippen LogP contribution in [0.2, 0.25) is 0 Å². The highest BCUT2D eigenvalue weighted by Crippen LogP contribution is 2.61. The standard InChI is InChI=1S/C57H52N2O5/c1-4-56(5-2)48-15-8-6-12-44(48)52-46-35-49(59-29-33-62-34-30-59)51(60-3)36-47(46)55-45(53(52)56)25-26-57(64-55,39-21-23-40(24-22-39)58-27-31-61-32-28-58)38-19-17-37(18-20-38)41-13-10-14-43-42-11-7-9-16-50(42)63-54(41)43/h6-26,35-36H,4-5,27-34H2,1-3H3. The van der Waals surface area contributed by atoms with E-state index in [1.54, 1.807) is 7.11 Å². The van der Waals surface area contributed by atoms with Crippen molar-refractivity contribution in [1.29, 1.82) is 0 Å². The molecule has 3 aliphatic heterocycles. The monoisotopic (exact) mass is 844 g/mol. The molecular weight excluding hydrogens is 793 g/mol. The Hall–Kier alpha value is -6.54. The first-order valence-corrected chi connectivity index (χ1v) is 23.0. The Morgan fingerprint density at radius 3 is 2.02 bits per heavy atom. The number of anilines is 2. The summed E-state index contributed by atoms with van der Waals surface area (Å²) in [7, 11) is 1.79. The van der Waals surface area contributed by atoms with Gasteiger partial charge in [-0.25, -0.2) is 0 Å². The Morgan fingerprint density at radius 2 is 1.28 bits per heavy atom. The number of benzene rings is 7. The number of ether oxygens (including phenoxy) is 4. The van der Waals surface area contributed by atoms with Crippen LogP contribution in [0, 0.1) is 0 Å². The normalized spacial score (nSPS) is 18.9. The number of fused-ring (bicyclic) bond motifs is 11. The first kappa shape index (κ1) is 39.1. The number of methoxy groups -OCH3 is 1. The topological polar surface area (TPSA) is 56.5 Å². The van der Waals surface area contributed by atoms with Crippen molar-refractivity contribution in [2.75, 3.05) is 69.5 Å². The Bertz CT molecular complexity index is 3110. The summed E-state index contributed by atoms with van der Waals surface area (Å²) < 4.78 is 32.2. The molecule has 8 aromatic rings. The van der Waals surface area contributed by atoms with Gasteiger partial charge in [0.25, 0.3) is 0 Å². The minimum Gasteiger partial charge on any atom is -0.495 e. The number of nitrogens with zero attached hydrogens (tertiary/aromatic N) is 2. The van der Waals surface area contributed by atoms with Crippen molar-refractivity contribution < 1.29 is 23.4 Å². The van der Waals surface area contributed by atoms with Gasteiger partial charge >= 0.3 is 0 Å². The van der Waals surface area contributed by atoms with E-state index in [4.69, 9.17) is 23.4 Å². The molecule has 0 radical (unpaired) electrons. The number of hydrogen-bond donors (Lipinski definition) is 0. The summed E-state index contributed by atoms with van der Waals surface area (Å²) in [6.07, 6.45) is 6.64. The van der Waals surface area contributed by atoms with Gasteiger partial charge in [-0.2, -0.15) is 0 Å². The van der Waals surface area contributed by atoms with Gasteiger partial charge in [0, 0.05) is 75.7 Å². The number of rotatable bonds is 8. The van der Waals surface area contributed by atoms with E-state index in [1.165, 1.54) is 33.3 Å². The molecule has 2 fully saturated rings. The third kappa shape index (κ3) is 5.80. The lowest BCUT2D eigenvalue weighted by Crippen LogP contribution is -2.37. The van der Waals surface area contributed by atoms with Gasteiger partial charge in [-0.05, 0) is 82.5 Å². The average molecular weight is 845 g/mol. The van der Waals surface area contributed by atoms with Crippen LogP contribution in [0.5, 0.6) is 11.5 Å².